The van der Waals surface area contributed by atoms with E-state index >= 15 is 0 Å². The van der Waals surface area contributed by atoms with Crippen LogP contribution in [0.15, 0.2) is 0 Å². The predicted octanol–water partition coefficient (Wildman–Crippen LogP) is 3.90. The molecule has 0 atom stereocenters. The van der Waals surface area contributed by atoms with Crippen LogP contribution in [0.2, 0.25) is 0 Å². The highest BCUT2D eigenvalue weighted by Gasteiger charge is 2.37. The molecule has 6 heteroatoms. The van der Waals surface area contributed by atoms with Crippen LogP contribution in [0.5, 0.6) is 0 Å². The topological polar surface area (TPSA) is 64.7 Å². The monoisotopic (exact) mass is 286 g/mol. The highest BCUT2D eigenvalue weighted by atomic mass is 19.4. The molecule has 0 amide bonds. The van der Waals surface area contributed by atoms with Crippen LogP contribution in [0.1, 0.15) is 51.4 Å². The minimum atomic E-state index is -4.35. The molecule has 0 N–H and O–H groups in total. The van der Waals surface area contributed by atoms with Gasteiger partial charge in [0.15, 0.2) is 0 Å². The Hall–Kier alpha value is -1.56. The molecule has 0 aromatic carbocycles. The minimum absolute atomic E-state index is 0.148. The summed E-state index contributed by atoms with van der Waals surface area (Å²) in [5, 5.41) is 18.1. The number of nitrogens with zero attached hydrogens (tertiary/aromatic N) is 2. The Labute approximate surface area is 116 Å². The first kappa shape index (κ1) is 16.5. The lowest BCUT2D eigenvalue weighted by atomic mass is 9.76. The molecule has 0 spiro atoms. The molecule has 1 aliphatic rings. The fraction of sp³-hybridized carbons (Fsp3) is 0.786. The second-order valence-electron chi connectivity index (χ2n) is 5.44. The first-order valence-corrected chi connectivity index (χ1v) is 6.71. The van der Waals surface area contributed by atoms with Crippen LogP contribution in [0, 0.1) is 34.0 Å². The number of halogens is 3. The summed E-state index contributed by atoms with van der Waals surface area (Å²) in [4.78, 5) is 11.1. The summed E-state index contributed by atoms with van der Waals surface area (Å²) in [5.41, 5.74) is -1.56. The zero-order valence-electron chi connectivity index (χ0n) is 11.2. The molecule has 0 aromatic heterocycles. The number of carbonyl (C=O) groups is 1. The van der Waals surface area contributed by atoms with Gasteiger partial charge in [0.1, 0.15) is 11.2 Å². The third-order valence-electron chi connectivity index (χ3n) is 3.91. The largest absolute Gasteiger partial charge is 0.389 e. The van der Waals surface area contributed by atoms with E-state index in [2.05, 4.69) is 0 Å². The van der Waals surface area contributed by atoms with Crippen molar-refractivity contribution in [3.8, 4) is 12.1 Å². The Morgan fingerprint density at radius 1 is 1.05 bits per heavy atom. The SMILES string of the molecule is N#CC(C#N)(CCC1CCC(=O)CC1)CCC(F)(F)F. The molecule has 0 radical (unpaired) electrons. The number of hydrogen-bond acceptors (Lipinski definition) is 3. The van der Waals surface area contributed by atoms with Gasteiger partial charge in [-0.15, -0.1) is 0 Å². The third kappa shape index (κ3) is 5.21. The first-order chi connectivity index (χ1) is 9.30. The molecule has 0 aliphatic heterocycles. The smallest absolute Gasteiger partial charge is 0.300 e. The maximum atomic E-state index is 12.2. The van der Waals surface area contributed by atoms with Crippen LogP contribution < -0.4 is 0 Å². The van der Waals surface area contributed by atoms with Crippen LogP contribution in [-0.2, 0) is 4.79 Å². The molecule has 0 bridgehead atoms. The second kappa shape index (κ2) is 6.74. The molecule has 110 valence electrons. The van der Waals surface area contributed by atoms with Crippen molar-refractivity contribution in [3.05, 3.63) is 0 Å². The molecule has 20 heavy (non-hydrogen) atoms. The summed E-state index contributed by atoms with van der Waals surface area (Å²) < 4.78 is 36.7. The van der Waals surface area contributed by atoms with E-state index < -0.39 is 24.4 Å². The number of alkyl halides is 3. The van der Waals surface area contributed by atoms with Gasteiger partial charge in [0.2, 0.25) is 0 Å². The summed E-state index contributed by atoms with van der Waals surface area (Å²) >= 11 is 0. The van der Waals surface area contributed by atoms with Crippen molar-refractivity contribution in [3.63, 3.8) is 0 Å². The Morgan fingerprint density at radius 3 is 2.05 bits per heavy atom. The summed E-state index contributed by atoms with van der Waals surface area (Å²) in [6, 6.07) is 3.52. The lowest BCUT2D eigenvalue weighted by Crippen LogP contribution is -2.23. The molecule has 1 saturated carbocycles. The molecular formula is C14H17F3N2O. The van der Waals surface area contributed by atoms with Gasteiger partial charge in [-0.25, -0.2) is 0 Å². The number of hydrogen-bond donors (Lipinski definition) is 0. The standard InChI is InChI=1S/C14H17F3N2O/c15-14(16,17)8-7-13(9-18,10-19)6-5-11-1-3-12(20)4-2-11/h11H,1-8H2. The van der Waals surface area contributed by atoms with Gasteiger partial charge in [-0.3, -0.25) is 4.79 Å². The van der Waals surface area contributed by atoms with Gasteiger partial charge < -0.3 is 0 Å². The Bertz CT molecular complexity index is 407. The zero-order valence-corrected chi connectivity index (χ0v) is 11.2. The van der Waals surface area contributed by atoms with Crippen molar-refractivity contribution >= 4 is 5.78 Å². The highest BCUT2D eigenvalue weighted by molar-refractivity contribution is 5.78. The molecule has 1 rings (SSSR count). The van der Waals surface area contributed by atoms with Crippen molar-refractivity contribution in [2.45, 2.75) is 57.5 Å². The molecule has 1 fully saturated rings. The van der Waals surface area contributed by atoms with Crippen molar-refractivity contribution in [1.82, 2.24) is 0 Å². The molecule has 0 aromatic rings. The van der Waals surface area contributed by atoms with E-state index in [0.29, 0.717) is 32.1 Å². The van der Waals surface area contributed by atoms with E-state index in [-0.39, 0.29) is 18.1 Å². The lowest BCUT2D eigenvalue weighted by molar-refractivity contribution is -0.138. The molecule has 3 nitrogen and oxygen atoms in total. The van der Waals surface area contributed by atoms with Crippen molar-refractivity contribution in [2.24, 2.45) is 11.3 Å². The van der Waals surface area contributed by atoms with E-state index in [0.717, 1.165) is 0 Å². The summed E-state index contributed by atoms with van der Waals surface area (Å²) in [7, 11) is 0. The van der Waals surface area contributed by atoms with Gasteiger partial charge in [0.25, 0.3) is 0 Å². The maximum Gasteiger partial charge on any atom is 0.389 e. The van der Waals surface area contributed by atoms with E-state index in [4.69, 9.17) is 10.5 Å². The quantitative estimate of drug-likeness (QED) is 0.769. The van der Waals surface area contributed by atoms with Gasteiger partial charge in [-0.2, -0.15) is 23.7 Å². The van der Waals surface area contributed by atoms with Crippen LogP contribution in [0.3, 0.4) is 0 Å². The minimum Gasteiger partial charge on any atom is -0.300 e. The molecule has 0 heterocycles. The Morgan fingerprint density at radius 2 is 1.60 bits per heavy atom. The number of ketones is 1. The Kier molecular flexibility index (Phi) is 5.56. The molecule has 0 saturated heterocycles. The summed E-state index contributed by atoms with van der Waals surface area (Å²) in [6.45, 7) is 0. The number of Topliss-reactive ketones (excluding diaryl/α,β-unsaturated/α-hetero) is 1. The van der Waals surface area contributed by atoms with Crippen molar-refractivity contribution < 1.29 is 18.0 Å². The van der Waals surface area contributed by atoms with Gasteiger partial charge >= 0.3 is 6.18 Å². The van der Waals surface area contributed by atoms with Gasteiger partial charge in [0.05, 0.1) is 12.1 Å². The summed E-state index contributed by atoms with van der Waals surface area (Å²) in [5.74, 6) is 0.449. The second-order valence-corrected chi connectivity index (χ2v) is 5.44. The van der Waals surface area contributed by atoms with Gasteiger partial charge in [-0.05, 0) is 38.0 Å². The fourth-order valence-electron chi connectivity index (χ4n) is 2.47. The predicted molar refractivity (Wildman–Crippen MR) is 65.1 cm³/mol. The number of carbonyl (C=O) groups excluding carboxylic acids is 1. The van der Waals surface area contributed by atoms with Crippen LogP contribution in [0.25, 0.3) is 0 Å². The summed E-state index contributed by atoms with van der Waals surface area (Å²) in [6.07, 6.45) is -2.83. The first-order valence-electron chi connectivity index (χ1n) is 6.71. The fourth-order valence-corrected chi connectivity index (χ4v) is 2.47. The van der Waals surface area contributed by atoms with E-state index in [9.17, 15) is 18.0 Å². The van der Waals surface area contributed by atoms with Crippen molar-refractivity contribution in [1.29, 1.82) is 10.5 Å². The Balaban J connectivity index is 2.52. The van der Waals surface area contributed by atoms with Crippen LogP contribution >= 0.6 is 0 Å². The molecule has 0 unspecified atom stereocenters. The average molecular weight is 286 g/mol. The normalized spacial score (nSPS) is 17.6. The zero-order chi connectivity index (χ0) is 15.2. The molecule has 1 aliphatic carbocycles. The van der Waals surface area contributed by atoms with Gasteiger partial charge in [0, 0.05) is 19.3 Å². The van der Waals surface area contributed by atoms with Crippen molar-refractivity contribution in [2.75, 3.05) is 0 Å². The average Bonchev–Trinajstić information content (AvgIpc) is 2.41. The van der Waals surface area contributed by atoms with E-state index in [1.54, 1.807) is 12.1 Å². The highest BCUT2D eigenvalue weighted by Crippen LogP contribution is 2.36. The maximum absolute atomic E-state index is 12.2. The van der Waals surface area contributed by atoms with Crippen LogP contribution in [-0.4, -0.2) is 12.0 Å². The third-order valence-corrected chi connectivity index (χ3v) is 3.91. The van der Waals surface area contributed by atoms with E-state index in [1.807, 2.05) is 0 Å². The number of rotatable bonds is 5. The van der Waals surface area contributed by atoms with E-state index in [1.165, 1.54) is 0 Å². The lowest BCUT2D eigenvalue weighted by Gasteiger charge is -2.25. The van der Waals surface area contributed by atoms with Crippen LogP contribution in [0.4, 0.5) is 13.2 Å². The number of nitriles is 2. The molecular weight excluding hydrogens is 269 g/mol. The van der Waals surface area contributed by atoms with Gasteiger partial charge in [-0.1, -0.05) is 0 Å².